The fourth-order valence-corrected chi connectivity index (χ4v) is 2.02. The van der Waals surface area contributed by atoms with E-state index >= 15 is 0 Å². The molecule has 0 bridgehead atoms. The Morgan fingerprint density at radius 2 is 1.93 bits per heavy atom. The summed E-state index contributed by atoms with van der Waals surface area (Å²) in [6, 6.07) is 8.80. The number of anilines is 1. The van der Waals surface area contributed by atoms with E-state index in [1.54, 1.807) is 0 Å². The summed E-state index contributed by atoms with van der Waals surface area (Å²) >= 11 is 0. The van der Waals surface area contributed by atoms with Gasteiger partial charge in [-0.1, -0.05) is 48.6 Å². The van der Waals surface area contributed by atoms with Crippen molar-refractivity contribution in [3.05, 3.63) is 60.2 Å². The van der Waals surface area contributed by atoms with Gasteiger partial charge in [0.05, 0.1) is 6.04 Å². The minimum Gasteiger partial charge on any atom is -0.374 e. The molecule has 1 unspecified atom stereocenters. The van der Waals surface area contributed by atoms with E-state index in [0.29, 0.717) is 6.04 Å². The highest BCUT2D eigenvalue weighted by atomic mass is 14.9. The maximum atomic E-state index is 3.48. The van der Waals surface area contributed by atoms with Gasteiger partial charge in [-0.3, -0.25) is 0 Å². The third-order valence-electron chi connectivity index (χ3n) is 2.69. The summed E-state index contributed by atoms with van der Waals surface area (Å²) in [6.07, 6.45) is 10.6. The van der Waals surface area contributed by atoms with Gasteiger partial charge in [0, 0.05) is 11.3 Å². The fraction of sp³-hybridized carbons (Fsp3) is 0.0769. The smallest absolute Gasteiger partial charge is 0.0707 e. The second kappa shape index (κ2) is 2.88. The largest absolute Gasteiger partial charge is 0.374 e. The molecule has 0 amide bonds. The number of rotatable bonds is 0. The quantitative estimate of drug-likeness (QED) is 0.648. The van der Waals surface area contributed by atoms with E-state index in [1.165, 1.54) is 16.8 Å². The van der Waals surface area contributed by atoms with E-state index in [0.717, 1.165) is 0 Å². The number of nitrogens with one attached hydrogen (secondary N) is 1. The zero-order valence-electron chi connectivity index (χ0n) is 7.77. The van der Waals surface area contributed by atoms with Crippen LogP contribution >= 0.6 is 0 Å². The minimum atomic E-state index is 0.349. The SMILES string of the molecule is C1=CC=C2c3ccccc3NC2C=C1. The summed E-state index contributed by atoms with van der Waals surface area (Å²) in [6.45, 7) is 0. The van der Waals surface area contributed by atoms with Gasteiger partial charge in [-0.2, -0.15) is 0 Å². The molecule has 1 aromatic carbocycles. The number of allylic oxidation sites excluding steroid dienone is 4. The van der Waals surface area contributed by atoms with Crippen LogP contribution in [0.15, 0.2) is 54.6 Å². The Balaban J connectivity index is 2.18. The van der Waals surface area contributed by atoms with Gasteiger partial charge in [-0.25, -0.2) is 0 Å². The average molecular weight is 181 g/mol. The molecule has 0 radical (unpaired) electrons. The second-order valence-electron chi connectivity index (χ2n) is 3.56. The molecule has 0 aromatic heterocycles. The molecule has 1 aliphatic carbocycles. The zero-order chi connectivity index (χ0) is 9.38. The highest BCUT2D eigenvalue weighted by molar-refractivity contribution is 5.89. The summed E-state index contributed by atoms with van der Waals surface area (Å²) < 4.78 is 0. The molecule has 1 N–H and O–H groups in total. The summed E-state index contributed by atoms with van der Waals surface area (Å²) in [5.74, 6) is 0. The zero-order valence-corrected chi connectivity index (χ0v) is 7.77. The predicted octanol–water partition coefficient (Wildman–Crippen LogP) is 2.99. The van der Waals surface area contributed by atoms with Crippen LogP contribution in [0.2, 0.25) is 0 Å². The van der Waals surface area contributed by atoms with Gasteiger partial charge in [-0.05, 0) is 11.6 Å². The first-order valence-electron chi connectivity index (χ1n) is 4.86. The van der Waals surface area contributed by atoms with E-state index in [9.17, 15) is 0 Å². The van der Waals surface area contributed by atoms with Gasteiger partial charge in [0.1, 0.15) is 0 Å². The Kier molecular flexibility index (Phi) is 1.57. The Hall–Kier alpha value is -1.76. The maximum Gasteiger partial charge on any atom is 0.0707 e. The highest BCUT2D eigenvalue weighted by Crippen LogP contribution is 2.35. The van der Waals surface area contributed by atoms with Crippen LogP contribution in [-0.2, 0) is 0 Å². The van der Waals surface area contributed by atoms with Crippen molar-refractivity contribution in [3.8, 4) is 0 Å². The van der Waals surface area contributed by atoms with Gasteiger partial charge in [-0.15, -0.1) is 0 Å². The Morgan fingerprint density at radius 1 is 1.00 bits per heavy atom. The van der Waals surface area contributed by atoms with Crippen molar-refractivity contribution >= 4 is 11.3 Å². The topological polar surface area (TPSA) is 12.0 Å². The first-order chi connectivity index (χ1) is 6.95. The third-order valence-corrected chi connectivity index (χ3v) is 2.69. The van der Waals surface area contributed by atoms with E-state index in [2.05, 4.69) is 60.0 Å². The van der Waals surface area contributed by atoms with Crippen LogP contribution in [0.1, 0.15) is 5.56 Å². The van der Waals surface area contributed by atoms with Crippen LogP contribution < -0.4 is 5.32 Å². The van der Waals surface area contributed by atoms with Gasteiger partial charge < -0.3 is 5.32 Å². The molecule has 68 valence electrons. The molecular formula is C13H11N. The number of benzene rings is 1. The molecule has 3 rings (SSSR count). The predicted molar refractivity (Wildman–Crippen MR) is 60.1 cm³/mol. The summed E-state index contributed by atoms with van der Waals surface area (Å²) in [7, 11) is 0. The lowest BCUT2D eigenvalue weighted by Crippen LogP contribution is -2.09. The van der Waals surface area contributed by atoms with Crippen LogP contribution in [-0.4, -0.2) is 6.04 Å². The van der Waals surface area contributed by atoms with Crippen LogP contribution in [0.5, 0.6) is 0 Å². The third kappa shape index (κ3) is 1.02. The standard InChI is InChI=1S/C13H11N/c1-2-6-10-11-7-4-5-9-13(11)14-12(10)8-3-1/h1-9,12,14H. The van der Waals surface area contributed by atoms with E-state index in [1.807, 2.05) is 0 Å². The summed E-state index contributed by atoms with van der Waals surface area (Å²) in [5, 5.41) is 3.48. The summed E-state index contributed by atoms with van der Waals surface area (Å²) in [4.78, 5) is 0. The van der Waals surface area contributed by atoms with E-state index < -0.39 is 0 Å². The summed E-state index contributed by atoms with van der Waals surface area (Å²) in [5.41, 5.74) is 3.93. The molecule has 2 aliphatic rings. The average Bonchev–Trinajstić information content (AvgIpc) is 2.42. The molecule has 1 heteroatoms. The fourth-order valence-electron chi connectivity index (χ4n) is 2.02. The van der Waals surface area contributed by atoms with E-state index in [-0.39, 0.29) is 0 Å². The molecule has 0 saturated carbocycles. The van der Waals surface area contributed by atoms with E-state index in [4.69, 9.17) is 0 Å². The van der Waals surface area contributed by atoms with Crippen LogP contribution in [0, 0.1) is 0 Å². The van der Waals surface area contributed by atoms with Crippen LogP contribution in [0.3, 0.4) is 0 Å². The lowest BCUT2D eigenvalue weighted by atomic mass is 10.0. The molecule has 0 saturated heterocycles. The normalized spacial score (nSPS) is 22.0. The molecule has 1 aliphatic heterocycles. The highest BCUT2D eigenvalue weighted by Gasteiger charge is 2.23. The molecule has 1 aromatic rings. The van der Waals surface area contributed by atoms with Crippen molar-refractivity contribution in [1.82, 2.24) is 0 Å². The van der Waals surface area contributed by atoms with Crippen LogP contribution in [0.25, 0.3) is 5.57 Å². The Bertz CT molecular complexity index is 452. The maximum absolute atomic E-state index is 3.48. The molecule has 1 atom stereocenters. The molecule has 0 fully saturated rings. The van der Waals surface area contributed by atoms with Crippen molar-refractivity contribution in [2.24, 2.45) is 0 Å². The molecule has 0 spiro atoms. The van der Waals surface area contributed by atoms with Gasteiger partial charge in [0.2, 0.25) is 0 Å². The van der Waals surface area contributed by atoms with Gasteiger partial charge in [0.25, 0.3) is 0 Å². The Labute approximate surface area is 83.5 Å². The molecule has 1 nitrogen and oxygen atoms in total. The Morgan fingerprint density at radius 3 is 2.93 bits per heavy atom. The van der Waals surface area contributed by atoms with Crippen molar-refractivity contribution in [3.63, 3.8) is 0 Å². The van der Waals surface area contributed by atoms with Crippen molar-refractivity contribution in [2.75, 3.05) is 5.32 Å². The van der Waals surface area contributed by atoms with Gasteiger partial charge >= 0.3 is 0 Å². The number of fused-ring (bicyclic) bond motifs is 3. The van der Waals surface area contributed by atoms with Gasteiger partial charge in [0.15, 0.2) is 0 Å². The first-order valence-corrected chi connectivity index (χ1v) is 4.86. The molecule has 14 heavy (non-hydrogen) atoms. The number of hydrogen-bond donors (Lipinski definition) is 1. The van der Waals surface area contributed by atoms with Crippen molar-refractivity contribution in [1.29, 1.82) is 0 Å². The van der Waals surface area contributed by atoms with Crippen LogP contribution in [0.4, 0.5) is 5.69 Å². The molecular weight excluding hydrogens is 170 g/mol. The van der Waals surface area contributed by atoms with Crippen molar-refractivity contribution in [2.45, 2.75) is 6.04 Å². The molecule has 1 heterocycles. The monoisotopic (exact) mass is 181 g/mol. The minimum absolute atomic E-state index is 0.349. The number of hydrogen-bond acceptors (Lipinski definition) is 1. The van der Waals surface area contributed by atoms with Crippen molar-refractivity contribution < 1.29 is 0 Å². The first kappa shape index (κ1) is 7.63. The second-order valence-corrected chi connectivity index (χ2v) is 3.56. The lowest BCUT2D eigenvalue weighted by molar-refractivity contribution is 1.19. The number of para-hydroxylation sites is 1. The lowest BCUT2D eigenvalue weighted by Gasteiger charge is -2.05.